The predicted molar refractivity (Wildman–Crippen MR) is 37.0 cm³/mol. The summed E-state index contributed by atoms with van der Waals surface area (Å²) in [6, 6.07) is 0. The lowest BCUT2D eigenvalue weighted by Gasteiger charge is -1.92. The van der Waals surface area contributed by atoms with Gasteiger partial charge in [-0.25, -0.2) is 4.99 Å². The Labute approximate surface area is 50.3 Å². The van der Waals surface area contributed by atoms with E-state index in [2.05, 4.69) is 16.9 Å². The fraction of sp³-hybridized carbons (Fsp3) is 0.500. The molecule has 0 aromatic heterocycles. The van der Waals surface area contributed by atoms with Gasteiger partial charge in [0, 0.05) is 13.3 Å². The van der Waals surface area contributed by atoms with E-state index in [-0.39, 0.29) is 0 Å². The number of rotatable bonds is 3. The van der Waals surface area contributed by atoms with E-state index >= 15 is 0 Å². The van der Waals surface area contributed by atoms with Crippen LogP contribution in [-0.4, -0.2) is 13.3 Å². The molecule has 0 aliphatic heterocycles. The normalized spacial score (nSPS) is 9.75. The van der Waals surface area contributed by atoms with Crippen molar-refractivity contribution in [2.24, 2.45) is 4.99 Å². The van der Waals surface area contributed by atoms with Crippen LogP contribution in [0.5, 0.6) is 0 Å². The molecular weight excluding hydrogens is 100 g/mol. The van der Waals surface area contributed by atoms with Gasteiger partial charge in [-0.05, 0) is 6.42 Å². The first kappa shape index (κ1) is 7.21. The third-order valence-corrected chi connectivity index (χ3v) is 0.718. The Morgan fingerprint density at radius 2 is 2.50 bits per heavy atom. The van der Waals surface area contributed by atoms with Gasteiger partial charge in [-0.3, -0.25) is 0 Å². The first-order valence-electron chi connectivity index (χ1n) is 2.70. The van der Waals surface area contributed by atoms with Crippen LogP contribution < -0.4 is 5.32 Å². The maximum Gasteiger partial charge on any atom is 0.117 e. The Balaban J connectivity index is 3.37. The summed E-state index contributed by atoms with van der Waals surface area (Å²) in [5.41, 5.74) is 0. The van der Waals surface area contributed by atoms with E-state index in [9.17, 15) is 0 Å². The van der Waals surface area contributed by atoms with Gasteiger partial charge in [-0.1, -0.05) is 13.5 Å². The van der Waals surface area contributed by atoms with Crippen LogP contribution in [0.2, 0.25) is 0 Å². The molecule has 0 heterocycles. The van der Waals surface area contributed by atoms with Crippen molar-refractivity contribution in [1.29, 1.82) is 0 Å². The third-order valence-electron chi connectivity index (χ3n) is 0.718. The molecule has 0 unspecified atom stereocenters. The first-order valence-corrected chi connectivity index (χ1v) is 2.70. The van der Waals surface area contributed by atoms with Gasteiger partial charge < -0.3 is 5.32 Å². The van der Waals surface area contributed by atoms with Crippen molar-refractivity contribution in [3.8, 4) is 0 Å². The summed E-state index contributed by atoms with van der Waals surface area (Å²) in [7, 11) is 1.80. The lowest BCUT2D eigenvalue weighted by atomic mass is 10.5. The molecule has 46 valence electrons. The van der Waals surface area contributed by atoms with Gasteiger partial charge in [0.2, 0.25) is 0 Å². The average Bonchev–Trinajstić information content (AvgIpc) is 1.83. The largest absolute Gasteiger partial charge is 0.374 e. The molecule has 0 saturated carbocycles. The molecule has 0 aromatic carbocycles. The van der Waals surface area contributed by atoms with Crippen LogP contribution in [0.4, 0.5) is 0 Å². The Bertz CT molecular complexity index is 94.7. The monoisotopic (exact) mass is 112 g/mol. The molecule has 0 spiro atoms. The maximum absolute atomic E-state index is 3.93. The minimum Gasteiger partial charge on any atom is -0.374 e. The zero-order valence-corrected chi connectivity index (χ0v) is 5.44. The Morgan fingerprint density at radius 3 is 2.88 bits per heavy atom. The molecule has 0 rings (SSSR count). The number of nitrogens with zero attached hydrogens (tertiary/aromatic N) is 1. The van der Waals surface area contributed by atoms with Gasteiger partial charge in [0.1, 0.15) is 5.82 Å². The Hall–Kier alpha value is -0.790. The molecule has 0 aliphatic carbocycles. The molecule has 0 fully saturated rings. The highest BCUT2D eigenvalue weighted by Crippen LogP contribution is 1.81. The van der Waals surface area contributed by atoms with Gasteiger partial charge in [0.05, 0.1) is 0 Å². The molecule has 0 saturated heterocycles. The van der Waals surface area contributed by atoms with E-state index < -0.39 is 0 Å². The molecular formula is C6H12N2. The van der Waals surface area contributed by atoms with E-state index in [0.717, 1.165) is 6.42 Å². The lowest BCUT2D eigenvalue weighted by molar-refractivity contribution is 0.973. The second kappa shape index (κ2) is 4.37. The van der Waals surface area contributed by atoms with Gasteiger partial charge >= 0.3 is 0 Å². The molecule has 2 heteroatoms. The molecule has 0 atom stereocenters. The van der Waals surface area contributed by atoms with Crippen molar-refractivity contribution in [1.82, 2.24) is 5.32 Å². The van der Waals surface area contributed by atoms with Gasteiger partial charge in [-0.2, -0.15) is 0 Å². The summed E-state index contributed by atoms with van der Waals surface area (Å²) in [6.07, 6.45) is 2.78. The van der Waals surface area contributed by atoms with Gasteiger partial charge in [0.25, 0.3) is 0 Å². The minimum absolute atomic E-state index is 0.715. The summed E-state index contributed by atoms with van der Waals surface area (Å²) >= 11 is 0. The predicted octanol–water partition coefficient (Wildman–Crippen LogP) is 1.16. The number of hydrogen-bond donors (Lipinski definition) is 1. The zero-order valence-electron chi connectivity index (χ0n) is 5.44. The van der Waals surface area contributed by atoms with E-state index in [1.54, 1.807) is 7.05 Å². The van der Waals surface area contributed by atoms with Crippen LogP contribution in [0, 0.1) is 0 Å². The standard InChI is InChI=1S/C6H12N2/c1-4-5-8-6(2)7-3/h5,7H,2,4H2,1,3H3/b8-5-. The van der Waals surface area contributed by atoms with Crippen LogP contribution >= 0.6 is 0 Å². The fourth-order valence-corrected chi connectivity index (χ4v) is 0.266. The SMILES string of the molecule is C=C(/N=C\CC)NC. The third kappa shape index (κ3) is 3.40. The highest BCUT2D eigenvalue weighted by atomic mass is 15.0. The minimum atomic E-state index is 0.715. The topological polar surface area (TPSA) is 24.4 Å². The highest BCUT2D eigenvalue weighted by molar-refractivity contribution is 5.57. The summed E-state index contributed by atoms with van der Waals surface area (Å²) in [6.45, 7) is 5.64. The highest BCUT2D eigenvalue weighted by Gasteiger charge is 1.75. The van der Waals surface area contributed by atoms with E-state index in [1.165, 1.54) is 0 Å². The van der Waals surface area contributed by atoms with Crippen molar-refractivity contribution in [3.05, 3.63) is 12.4 Å². The summed E-state index contributed by atoms with van der Waals surface area (Å²) in [5.74, 6) is 0.715. The second-order valence-corrected chi connectivity index (χ2v) is 1.42. The van der Waals surface area contributed by atoms with E-state index in [0.29, 0.717) is 5.82 Å². The van der Waals surface area contributed by atoms with Crippen LogP contribution in [0.15, 0.2) is 17.4 Å². The molecule has 2 nitrogen and oxygen atoms in total. The average molecular weight is 112 g/mol. The summed E-state index contributed by atoms with van der Waals surface area (Å²) in [4.78, 5) is 3.93. The molecule has 0 aromatic rings. The molecule has 0 bridgehead atoms. The number of hydrogen-bond acceptors (Lipinski definition) is 2. The summed E-state index contributed by atoms with van der Waals surface area (Å²) < 4.78 is 0. The fourth-order valence-electron chi connectivity index (χ4n) is 0.266. The van der Waals surface area contributed by atoms with Crippen LogP contribution in [-0.2, 0) is 0 Å². The van der Waals surface area contributed by atoms with Crippen molar-refractivity contribution in [3.63, 3.8) is 0 Å². The van der Waals surface area contributed by atoms with Crippen LogP contribution in [0.25, 0.3) is 0 Å². The lowest BCUT2D eigenvalue weighted by Crippen LogP contribution is -2.00. The molecule has 0 aliphatic rings. The first-order chi connectivity index (χ1) is 3.81. The molecule has 0 amide bonds. The summed E-state index contributed by atoms with van der Waals surface area (Å²) in [5, 5.41) is 2.81. The maximum atomic E-state index is 3.93. The smallest absolute Gasteiger partial charge is 0.117 e. The van der Waals surface area contributed by atoms with Crippen molar-refractivity contribution in [2.75, 3.05) is 7.05 Å². The van der Waals surface area contributed by atoms with Crippen molar-refractivity contribution in [2.45, 2.75) is 13.3 Å². The molecule has 8 heavy (non-hydrogen) atoms. The van der Waals surface area contributed by atoms with Crippen molar-refractivity contribution < 1.29 is 0 Å². The van der Waals surface area contributed by atoms with Crippen LogP contribution in [0.3, 0.4) is 0 Å². The van der Waals surface area contributed by atoms with Crippen LogP contribution in [0.1, 0.15) is 13.3 Å². The van der Waals surface area contributed by atoms with E-state index in [1.807, 2.05) is 13.1 Å². The van der Waals surface area contributed by atoms with Crippen molar-refractivity contribution >= 4 is 6.21 Å². The zero-order chi connectivity index (χ0) is 6.41. The quantitative estimate of drug-likeness (QED) is 0.544. The number of nitrogens with one attached hydrogen (secondary N) is 1. The Kier molecular flexibility index (Phi) is 3.94. The second-order valence-electron chi connectivity index (χ2n) is 1.42. The van der Waals surface area contributed by atoms with Gasteiger partial charge in [-0.15, -0.1) is 0 Å². The number of aliphatic imine (C=N–C) groups is 1. The van der Waals surface area contributed by atoms with E-state index in [4.69, 9.17) is 0 Å². The molecule has 1 N–H and O–H groups in total. The van der Waals surface area contributed by atoms with Gasteiger partial charge in [0.15, 0.2) is 0 Å². The molecule has 0 radical (unpaired) electrons. The Morgan fingerprint density at radius 1 is 1.88 bits per heavy atom.